The van der Waals surface area contributed by atoms with Crippen molar-refractivity contribution in [3.8, 4) is 0 Å². The normalized spacial score (nSPS) is 23.2. The van der Waals surface area contributed by atoms with Crippen LogP contribution in [0.1, 0.15) is 44.6 Å². The van der Waals surface area contributed by atoms with Crippen molar-refractivity contribution in [2.75, 3.05) is 31.2 Å². The molecular weight excluding hydrogens is 344 g/mol. The third-order valence-corrected chi connectivity index (χ3v) is 5.99. The molecule has 0 aliphatic carbocycles. The third-order valence-electron chi connectivity index (χ3n) is 5.99. The quantitative estimate of drug-likeness (QED) is 0.818. The number of piperidine rings is 1. The second-order valence-electron chi connectivity index (χ2n) is 7.60. The Hall–Kier alpha value is -1.92. The van der Waals surface area contributed by atoms with Gasteiger partial charge in [0.15, 0.2) is 5.79 Å². The summed E-state index contributed by atoms with van der Waals surface area (Å²) in [6.45, 7) is 4.46. The van der Waals surface area contributed by atoms with Crippen molar-refractivity contribution in [1.29, 1.82) is 0 Å². The maximum absolute atomic E-state index is 13.3. The summed E-state index contributed by atoms with van der Waals surface area (Å²) in [6.07, 6.45) is 4.19. The highest BCUT2D eigenvalue weighted by Crippen LogP contribution is 2.33. The van der Waals surface area contributed by atoms with Gasteiger partial charge >= 0.3 is 0 Å². The number of carbonyl (C=O) groups excluding carboxylic acids is 2. The Bertz CT molecular complexity index is 704. The van der Waals surface area contributed by atoms with Gasteiger partial charge in [-0.05, 0) is 30.9 Å². The number of ether oxygens (including phenoxy) is 2. The van der Waals surface area contributed by atoms with Gasteiger partial charge in [0.05, 0.1) is 13.2 Å². The Kier molecular flexibility index (Phi) is 5.19. The van der Waals surface area contributed by atoms with E-state index in [0.29, 0.717) is 52.0 Å². The largest absolute Gasteiger partial charge is 0.347 e. The molecular formula is C21H28N2O4. The Morgan fingerprint density at radius 2 is 1.85 bits per heavy atom. The van der Waals surface area contributed by atoms with Gasteiger partial charge < -0.3 is 14.4 Å². The number of para-hydroxylation sites is 1. The Balaban J connectivity index is 1.54. The number of amides is 2. The number of carbonyl (C=O) groups is 2. The van der Waals surface area contributed by atoms with Crippen LogP contribution in [0.4, 0.5) is 5.69 Å². The van der Waals surface area contributed by atoms with Crippen molar-refractivity contribution in [1.82, 2.24) is 4.90 Å². The van der Waals surface area contributed by atoms with E-state index >= 15 is 0 Å². The highest BCUT2D eigenvalue weighted by molar-refractivity contribution is 6.01. The second kappa shape index (κ2) is 7.60. The molecule has 2 amide bonds. The molecule has 2 saturated heterocycles. The summed E-state index contributed by atoms with van der Waals surface area (Å²) in [7, 11) is 0. The molecule has 1 spiro atoms. The number of hydrogen-bond acceptors (Lipinski definition) is 4. The van der Waals surface area contributed by atoms with Crippen LogP contribution >= 0.6 is 0 Å². The Morgan fingerprint density at radius 3 is 2.56 bits per heavy atom. The first-order valence-electron chi connectivity index (χ1n) is 10.1. The van der Waals surface area contributed by atoms with Gasteiger partial charge in [0.2, 0.25) is 11.8 Å². The van der Waals surface area contributed by atoms with E-state index in [0.717, 1.165) is 24.1 Å². The minimum Gasteiger partial charge on any atom is -0.347 e. The molecule has 27 heavy (non-hydrogen) atoms. The van der Waals surface area contributed by atoms with Crippen LogP contribution in [-0.4, -0.2) is 54.8 Å². The number of rotatable bonds is 3. The van der Waals surface area contributed by atoms with E-state index in [9.17, 15) is 9.59 Å². The van der Waals surface area contributed by atoms with Gasteiger partial charge in [-0.15, -0.1) is 0 Å². The zero-order valence-corrected chi connectivity index (χ0v) is 16.0. The summed E-state index contributed by atoms with van der Waals surface area (Å²) in [5, 5.41) is 0. The first kappa shape index (κ1) is 18.4. The molecule has 2 fully saturated rings. The zero-order valence-electron chi connectivity index (χ0n) is 16.0. The standard InChI is InChI=1S/C21H28N2O4/c1-2-17(20(25)22-12-10-21(11-13-22)26-14-15-27-21)23-18-8-4-3-6-16(18)7-5-9-19(23)24/h3-4,6,8,17H,2,5,7,9-15H2,1H3. The zero-order chi connectivity index (χ0) is 18.9. The van der Waals surface area contributed by atoms with Gasteiger partial charge in [0.25, 0.3) is 0 Å². The topological polar surface area (TPSA) is 59.1 Å². The summed E-state index contributed by atoms with van der Waals surface area (Å²) in [6, 6.07) is 7.54. The van der Waals surface area contributed by atoms with Crippen molar-refractivity contribution in [3.63, 3.8) is 0 Å². The lowest BCUT2D eigenvalue weighted by Gasteiger charge is -2.40. The van der Waals surface area contributed by atoms with Crippen molar-refractivity contribution >= 4 is 17.5 Å². The maximum atomic E-state index is 13.3. The monoisotopic (exact) mass is 372 g/mol. The summed E-state index contributed by atoms with van der Waals surface area (Å²) in [4.78, 5) is 29.9. The number of likely N-dealkylation sites (tertiary alicyclic amines) is 1. The molecule has 1 aromatic carbocycles. The first-order chi connectivity index (χ1) is 13.1. The van der Waals surface area contributed by atoms with Crippen LogP contribution in [0.15, 0.2) is 24.3 Å². The minimum atomic E-state index is -0.497. The van der Waals surface area contributed by atoms with E-state index in [1.54, 1.807) is 4.90 Å². The molecule has 0 bridgehead atoms. The molecule has 0 saturated carbocycles. The van der Waals surface area contributed by atoms with E-state index in [1.165, 1.54) is 0 Å². The first-order valence-corrected chi connectivity index (χ1v) is 10.1. The molecule has 0 N–H and O–H groups in total. The average molecular weight is 372 g/mol. The summed E-state index contributed by atoms with van der Waals surface area (Å²) >= 11 is 0. The van der Waals surface area contributed by atoms with Crippen LogP contribution < -0.4 is 4.90 Å². The second-order valence-corrected chi connectivity index (χ2v) is 7.60. The average Bonchev–Trinajstić information content (AvgIpc) is 3.07. The van der Waals surface area contributed by atoms with E-state index in [1.807, 2.05) is 30.0 Å². The fraction of sp³-hybridized carbons (Fsp3) is 0.619. The van der Waals surface area contributed by atoms with Crippen molar-refractivity contribution in [2.45, 2.75) is 57.3 Å². The lowest BCUT2D eigenvalue weighted by atomic mass is 10.0. The summed E-state index contributed by atoms with van der Waals surface area (Å²) in [5.41, 5.74) is 2.05. The molecule has 1 aromatic rings. The van der Waals surface area contributed by atoms with Crippen molar-refractivity contribution in [2.24, 2.45) is 0 Å². The van der Waals surface area contributed by atoms with Crippen LogP contribution in [0.25, 0.3) is 0 Å². The predicted octanol–water partition coefficient (Wildman–Crippen LogP) is 2.50. The van der Waals surface area contributed by atoms with E-state index < -0.39 is 11.8 Å². The van der Waals surface area contributed by atoms with Gasteiger partial charge in [-0.1, -0.05) is 25.1 Å². The summed E-state index contributed by atoms with van der Waals surface area (Å²) < 4.78 is 11.5. The summed E-state index contributed by atoms with van der Waals surface area (Å²) in [5.74, 6) is -0.407. The van der Waals surface area contributed by atoms with Crippen LogP contribution in [0.3, 0.4) is 0 Å². The van der Waals surface area contributed by atoms with Crippen LogP contribution in [0.5, 0.6) is 0 Å². The lowest BCUT2D eigenvalue weighted by Crippen LogP contribution is -2.55. The fourth-order valence-corrected chi connectivity index (χ4v) is 4.52. The molecule has 146 valence electrons. The van der Waals surface area contributed by atoms with Crippen molar-refractivity contribution < 1.29 is 19.1 Å². The number of aryl methyl sites for hydroxylation is 1. The third kappa shape index (κ3) is 3.48. The minimum absolute atomic E-state index is 0.0374. The van der Waals surface area contributed by atoms with E-state index in [4.69, 9.17) is 9.47 Å². The molecule has 1 atom stereocenters. The number of hydrogen-bond donors (Lipinski definition) is 0. The van der Waals surface area contributed by atoms with E-state index in [-0.39, 0.29) is 11.8 Å². The molecule has 6 heteroatoms. The predicted molar refractivity (Wildman–Crippen MR) is 101 cm³/mol. The Morgan fingerprint density at radius 1 is 1.15 bits per heavy atom. The SMILES string of the molecule is CCC(C(=O)N1CCC2(CC1)OCCO2)N1C(=O)CCCc2ccccc21. The smallest absolute Gasteiger partial charge is 0.245 e. The number of fused-ring (bicyclic) bond motifs is 1. The molecule has 3 aliphatic heterocycles. The molecule has 0 aromatic heterocycles. The van der Waals surface area contributed by atoms with Crippen LogP contribution in [-0.2, 0) is 25.5 Å². The molecule has 4 rings (SSSR count). The highest BCUT2D eigenvalue weighted by Gasteiger charge is 2.43. The van der Waals surface area contributed by atoms with Crippen LogP contribution in [0.2, 0.25) is 0 Å². The molecule has 1 unspecified atom stereocenters. The molecule has 3 heterocycles. The molecule has 0 radical (unpaired) electrons. The van der Waals surface area contributed by atoms with Crippen LogP contribution in [0, 0.1) is 0 Å². The van der Waals surface area contributed by atoms with Gasteiger partial charge in [-0.2, -0.15) is 0 Å². The molecule has 6 nitrogen and oxygen atoms in total. The van der Waals surface area contributed by atoms with Crippen molar-refractivity contribution in [3.05, 3.63) is 29.8 Å². The van der Waals surface area contributed by atoms with E-state index in [2.05, 4.69) is 6.07 Å². The fourth-order valence-electron chi connectivity index (χ4n) is 4.52. The number of anilines is 1. The van der Waals surface area contributed by atoms with Gasteiger partial charge in [-0.25, -0.2) is 0 Å². The van der Waals surface area contributed by atoms with Gasteiger partial charge in [0, 0.05) is 38.0 Å². The Labute approximate surface area is 160 Å². The van der Waals surface area contributed by atoms with Gasteiger partial charge in [-0.3, -0.25) is 14.5 Å². The van der Waals surface area contributed by atoms with Gasteiger partial charge in [0.1, 0.15) is 6.04 Å². The maximum Gasteiger partial charge on any atom is 0.245 e. The highest BCUT2D eigenvalue weighted by atomic mass is 16.7. The number of benzene rings is 1. The number of nitrogens with zero attached hydrogens (tertiary/aromatic N) is 2. The molecule has 3 aliphatic rings. The lowest BCUT2D eigenvalue weighted by molar-refractivity contribution is -0.187.